The minimum atomic E-state index is -0.972. The van der Waals surface area contributed by atoms with E-state index in [4.69, 9.17) is 11.5 Å². The SMILES string of the molecule is CCc1cc2ncc(CN3CCN(/C(N)=C/C=C(\N)C(=O)NC4CC4F)CC3)cc2[nH]c1=O. The molecule has 2 aromatic rings. The highest BCUT2D eigenvalue weighted by Gasteiger charge is 2.38. The summed E-state index contributed by atoms with van der Waals surface area (Å²) in [5, 5.41) is 2.53. The second kappa shape index (κ2) is 9.62. The molecule has 2 aromatic heterocycles. The first-order valence-electron chi connectivity index (χ1n) is 11.2. The monoisotopic (exact) mass is 455 g/mol. The van der Waals surface area contributed by atoms with Crippen molar-refractivity contribution in [2.24, 2.45) is 11.5 Å². The summed E-state index contributed by atoms with van der Waals surface area (Å²) in [5.74, 6) is 0.0437. The summed E-state index contributed by atoms with van der Waals surface area (Å²) in [4.78, 5) is 35.7. The molecule has 0 spiro atoms. The quantitative estimate of drug-likeness (QED) is 0.352. The number of fused-ring (bicyclic) bond motifs is 1. The Labute approximate surface area is 191 Å². The molecule has 2 atom stereocenters. The van der Waals surface area contributed by atoms with Crippen molar-refractivity contribution in [1.29, 1.82) is 0 Å². The molecule has 1 saturated carbocycles. The maximum absolute atomic E-state index is 12.9. The molecule has 9 nitrogen and oxygen atoms in total. The topological polar surface area (TPSA) is 133 Å². The molecule has 1 amide bonds. The molecule has 4 rings (SSSR count). The second-order valence-electron chi connectivity index (χ2n) is 8.56. The fourth-order valence-corrected chi connectivity index (χ4v) is 3.86. The number of hydrogen-bond donors (Lipinski definition) is 4. The number of amides is 1. The molecular weight excluding hydrogens is 425 g/mol. The summed E-state index contributed by atoms with van der Waals surface area (Å²) in [7, 11) is 0. The molecule has 2 aliphatic rings. The molecule has 2 unspecified atom stereocenters. The van der Waals surface area contributed by atoms with E-state index in [2.05, 4.69) is 20.2 Å². The van der Waals surface area contributed by atoms with Crippen LogP contribution >= 0.6 is 0 Å². The van der Waals surface area contributed by atoms with Crippen molar-refractivity contribution in [1.82, 2.24) is 25.1 Å². The van der Waals surface area contributed by atoms with Gasteiger partial charge in [0, 0.05) is 50.9 Å². The van der Waals surface area contributed by atoms with Gasteiger partial charge in [-0.15, -0.1) is 0 Å². The fraction of sp³-hybridized carbons (Fsp3) is 0.435. The number of H-pyrrole nitrogens is 1. The lowest BCUT2D eigenvalue weighted by Crippen LogP contribution is -2.46. The Hall–Kier alpha value is -3.40. The van der Waals surface area contributed by atoms with Gasteiger partial charge in [-0.2, -0.15) is 0 Å². The summed E-state index contributed by atoms with van der Waals surface area (Å²) in [6.07, 6.45) is 4.96. The number of nitrogens with two attached hydrogens (primary N) is 2. The van der Waals surface area contributed by atoms with Crippen LogP contribution in [-0.2, 0) is 17.8 Å². The number of nitrogens with zero attached hydrogens (tertiary/aromatic N) is 3. The van der Waals surface area contributed by atoms with Gasteiger partial charge in [0.05, 0.1) is 28.6 Å². The highest BCUT2D eigenvalue weighted by molar-refractivity contribution is 5.93. The zero-order valence-electron chi connectivity index (χ0n) is 18.7. The van der Waals surface area contributed by atoms with Gasteiger partial charge in [-0.3, -0.25) is 19.5 Å². The molecule has 0 aromatic carbocycles. The maximum Gasteiger partial charge on any atom is 0.267 e. The van der Waals surface area contributed by atoms with Crippen LogP contribution in [0.2, 0.25) is 0 Å². The number of hydrogen-bond acceptors (Lipinski definition) is 7. The van der Waals surface area contributed by atoms with E-state index in [0.717, 1.165) is 54.9 Å². The third-order valence-corrected chi connectivity index (χ3v) is 6.08. The number of aromatic amines is 1. The predicted octanol–water partition coefficient (Wildman–Crippen LogP) is 0.472. The summed E-state index contributed by atoms with van der Waals surface area (Å²) in [6, 6.07) is 3.40. The van der Waals surface area contributed by atoms with Crippen molar-refractivity contribution in [2.75, 3.05) is 26.2 Å². The molecular formula is C23H30FN7O2. The number of rotatable bonds is 7. The number of halogens is 1. The van der Waals surface area contributed by atoms with Crippen LogP contribution in [0.5, 0.6) is 0 Å². The maximum atomic E-state index is 12.9. The van der Waals surface area contributed by atoms with Crippen LogP contribution in [0.4, 0.5) is 4.39 Å². The molecule has 176 valence electrons. The van der Waals surface area contributed by atoms with Crippen molar-refractivity contribution < 1.29 is 9.18 Å². The van der Waals surface area contributed by atoms with Crippen LogP contribution in [0, 0.1) is 0 Å². The number of nitrogens with one attached hydrogen (secondary N) is 2. The third-order valence-electron chi connectivity index (χ3n) is 6.08. The Morgan fingerprint density at radius 3 is 2.67 bits per heavy atom. The smallest absolute Gasteiger partial charge is 0.267 e. The molecule has 1 saturated heterocycles. The van der Waals surface area contributed by atoms with E-state index >= 15 is 0 Å². The Balaban J connectivity index is 1.31. The minimum Gasteiger partial charge on any atom is -0.394 e. The third kappa shape index (κ3) is 5.51. The van der Waals surface area contributed by atoms with Crippen LogP contribution < -0.4 is 22.3 Å². The zero-order valence-corrected chi connectivity index (χ0v) is 18.7. The molecule has 10 heteroatoms. The number of carbonyl (C=O) groups is 1. The molecule has 3 heterocycles. The normalized spacial score (nSPS) is 21.9. The van der Waals surface area contributed by atoms with E-state index in [1.54, 1.807) is 6.08 Å². The van der Waals surface area contributed by atoms with Gasteiger partial charge in [0.1, 0.15) is 6.17 Å². The summed E-state index contributed by atoms with van der Waals surface area (Å²) < 4.78 is 12.9. The highest BCUT2D eigenvalue weighted by atomic mass is 19.1. The van der Waals surface area contributed by atoms with Gasteiger partial charge in [-0.1, -0.05) is 6.92 Å². The van der Waals surface area contributed by atoms with Gasteiger partial charge in [0.2, 0.25) is 0 Å². The van der Waals surface area contributed by atoms with Crippen molar-refractivity contribution in [3.63, 3.8) is 0 Å². The van der Waals surface area contributed by atoms with Crippen LogP contribution in [0.3, 0.4) is 0 Å². The number of aryl methyl sites for hydroxylation is 1. The average Bonchev–Trinajstić information content (AvgIpc) is 3.51. The van der Waals surface area contributed by atoms with Gasteiger partial charge in [-0.25, -0.2) is 4.39 Å². The van der Waals surface area contributed by atoms with Crippen LogP contribution in [0.1, 0.15) is 24.5 Å². The molecule has 0 radical (unpaired) electrons. The van der Waals surface area contributed by atoms with Gasteiger partial charge >= 0.3 is 0 Å². The lowest BCUT2D eigenvalue weighted by atomic mass is 10.1. The Morgan fingerprint density at radius 2 is 2.00 bits per heavy atom. The number of pyridine rings is 2. The Morgan fingerprint density at radius 1 is 1.27 bits per heavy atom. The standard InChI is InChI=1S/C23H30FN7O2/c1-2-15-10-19-20(29-22(15)32)9-14(12-27-19)13-30-5-7-31(8-6-30)21(26)4-3-17(25)23(33)28-18-11-16(18)24/h3-4,9-10,12,16,18H,2,5-8,11,13,25-26H2,1H3,(H,28,33)(H,29,32)/b17-3-,21-4+. The first-order valence-corrected chi connectivity index (χ1v) is 11.2. The molecule has 6 N–H and O–H groups in total. The van der Waals surface area contributed by atoms with Crippen LogP contribution in [-0.4, -0.2) is 64.1 Å². The molecule has 2 fully saturated rings. The lowest BCUT2D eigenvalue weighted by Gasteiger charge is -2.36. The van der Waals surface area contributed by atoms with E-state index in [1.165, 1.54) is 6.08 Å². The van der Waals surface area contributed by atoms with E-state index in [-0.39, 0.29) is 11.3 Å². The van der Waals surface area contributed by atoms with E-state index in [1.807, 2.05) is 30.2 Å². The number of allylic oxidation sites excluding steroid dienone is 2. The minimum absolute atomic E-state index is 0.00332. The van der Waals surface area contributed by atoms with E-state index in [9.17, 15) is 14.0 Å². The highest BCUT2D eigenvalue weighted by Crippen LogP contribution is 2.24. The zero-order chi connectivity index (χ0) is 23.5. The van der Waals surface area contributed by atoms with Crippen LogP contribution in [0.25, 0.3) is 11.0 Å². The first kappa shape index (κ1) is 22.8. The molecule has 33 heavy (non-hydrogen) atoms. The number of aromatic nitrogens is 2. The number of alkyl halides is 1. The van der Waals surface area contributed by atoms with E-state index in [0.29, 0.717) is 18.7 Å². The Kier molecular flexibility index (Phi) is 6.64. The first-order chi connectivity index (χ1) is 15.8. The van der Waals surface area contributed by atoms with Crippen molar-refractivity contribution in [3.8, 4) is 0 Å². The molecule has 1 aliphatic heterocycles. The van der Waals surface area contributed by atoms with Crippen molar-refractivity contribution >= 4 is 16.9 Å². The number of piperazine rings is 1. The van der Waals surface area contributed by atoms with Gasteiger partial charge in [0.25, 0.3) is 11.5 Å². The predicted molar refractivity (Wildman–Crippen MR) is 125 cm³/mol. The molecule has 0 bridgehead atoms. The van der Waals surface area contributed by atoms with Gasteiger partial charge < -0.3 is 26.7 Å². The van der Waals surface area contributed by atoms with Crippen molar-refractivity contribution in [3.05, 3.63) is 63.5 Å². The Bertz CT molecular complexity index is 1150. The van der Waals surface area contributed by atoms with E-state index < -0.39 is 18.1 Å². The largest absolute Gasteiger partial charge is 0.394 e. The van der Waals surface area contributed by atoms with Crippen LogP contribution in [0.15, 0.2) is 46.8 Å². The second-order valence-corrected chi connectivity index (χ2v) is 8.56. The summed E-state index contributed by atoms with van der Waals surface area (Å²) in [6.45, 7) is 5.73. The fourth-order valence-electron chi connectivity index (χ4n) is 3.86. The number of carbonyl (C=O) groups excluding carboxylic acids is 1. The summed E-state index contributed by atoms with van der Waals surface area (Å²) in [5.41, 5.74) is 15.2. The van der Waals surface area contributed by atoms with Gasteiger partial charge in [0.15, 0.2) is 0 Å². The average molecular weight is 456 g/mol. The molecule has 1 aliphatic carbocycles. The van der Waals surface area contributed by atoms with Gasteiger partial charge in [-0.05, 0) is 36.3 Å². The lowest BCUT2D eigenvalue weighted by molar-refractivity contribution is -0.117. The van der Waals surface area contributed by atoms with Crippen molar-refractivity contribution in [2.45, 2.75) is 38.5 Å². The summed E-state index contributed by atoms with van der Waals surface area (Å²) >= 11 is 0.